The second kappa shape index (κ2) is 4.18. The summed E-state index contributed by atoms with van der Waals surface area (Å²) in [5.74, 6) is 0. The van der Waals surface area contributed by atoms with Gasteiger partial charge in [-0.25, -0.2) is 0 Å². The van der Waals surface area contributed by atoms with E-state index in [4.69, 9.17) is 0 Å². The Morgan fingerprint density at radius 3 is 1.10 bits per heavy atom. The predicted molar refractivity (Wildman–Crippen MR) is 3.83 cm³/mol. The van der Waals surface area contributed by atoms with Crippen LogP contribution >= 0.6 is 0 Å². The van der Waals surface area contributed by atoms with Crippen LogP contribution in [0.3, 0.4) is 0 Å². The molecule has 0 aliphatic carbocycles. The van der Waals surface area contributed by atoms with Crippen molar-refractivity contribution in [1.82, 2.24) is 0 Å². The van der Waals surface area contributed by atoms with E-state index in [9.17, 15) is 23.5 Å². The minimum absolute atomic E-state index is 0. The average molecular weight is 328 g/mol. The summed E-state index contributed by atoms with van der Waals surface area (Å²) in [5, 5.41) is 0. The number of hydrogen-bond acceptors (Lipinski definition) is 7. The van der Waals surface area contributed by atoms with E-state index >= 15 is 0 Å². The summed E-state index contributed by atoms with van der Waals surface area (Å²) >= 11 is -12.1. The molecule has 0 saturated carbocycles. The molecule has 7 nitrogen and oxygen atoms in total. The van der Waals surface area contributed by atoms with Gasteiger partial charge in [0, 0.05) is 0 Å². The molecule has 10 heavy (non-hydrogen) atoms. The maximum atomic E-state index is 9.38. The van der Waals surface area contributed by atoms with Gasteiger partial charge in [-0.05, 0) is 0 Å². The second-order valence-electron chi connectivity index (χ2n) is 0.885. The van der Waals surface area contributed by atoms with Gasteiger partial charge in [-0.2, -0.15) is 0 Å². The molecule has 0 amide bonds. The van der Waals surface area contributed by atoms with E-state index in [1.165, 1.54) is 0 Å². The zero-order valence-corrected chi connectivity index (χ0v) is 11.0. The first-order valence-corrected chi connectivity index (χ1v) is 5.50. The van der Waals surface area contributed by atoms with E-state index in [0.717, 1.165) is 0 Å². The SMILES string of the molecule is [Cd+2].[O]=[Cr](=[O])([O-])[O][Cr](=[O])(=[O])[O-]. The van der Waals surface area contributed by atoms with Crippen LogP contribution < -0.4 is 8.32 Å². The van der Waals surface area contributed by atoms with Crippen LogP contribution in [0.4, 0.5) is 0 Å². The summed E-state index contributed by atoms with van der Waals surface area (Å²) in [6, 6.07) is 0. The molecule has 0 saturated heterocycles. The normalized spacial score (nSPS) is 12.2. The van der Waals surface area contributed by atoms with Gasteiger partial charge in [-0.1, -0.05) is 0 Å². The van der Waals surface area contributed by atoms with Crippen molar-refractivity contribution in [3.63, 3.8) is 0 Å². The van der Waals surface area contributed by atoms with Gasteiger partial charge in [0.2, 0.25) is 0 Å². The third-order valence-corrected chi connectivity index (χ3v) is 2.83. The molecular weight excluding hydrogens is 328 g/mol. The molecule has 0 rings (SSSR count). The maximum absolute atomic E-state index is 9.38. The summed E-state index contributed by atoms with van der Waals surface area (Å²) in [6.45, 7) is 0. The van der Waals surface area contributed by atoms with Gasteiger partial charge in [0.25, 0.3) is 0 Å². The standard InChI is InChI=1S/Cd.2Cr.7O/q+2;;;;;;;;2*-1. The van der Waals surface area contributed by atoms with Crippen molar-refractivity contribution in [2.75, 3.05) is 0 Å². The molecule has 0 aromatic heterocycles. The van der Waals surface area contributed by atoms with Gasteiger partial charge < -0.3 is 0 Å². The van der Waals surface area contributed by atoms with Crippen LogP contribution in [0.25, 0.3) is 0 Å². The Bertz CT molecular complexity index is 237. The molecule has 0 aliphatic rings. The van der Waals surface area contributed by atoms with Gasteiger partial charge in [-0.3, -0.25) is 0 Å². The quantitative estimate of drug-likeness (QED) is 0.497. The Morgan fingerprint density at radius 1 is 0.900 bits per heavy atom. The van der Waals surface area contributed by atoms with Gasteiger partial charge in [-0.15, -0.1) is 0 Å². The van der Waals surface area contributed by atoms with Gasteiger partial charge >= 0.3 is 80.9 Å². The fraction of sp³-hybridized carbons (Fsp3) is 0. The summed E-state index contributed by atoms with van der Waals surface area (Å²) in [7, 11) is 0. The van der Waals surface area contributed by atoms with Crippen molar-refractivity contribution >= 4 is 0 Å². The Balaban J connectivity index is 0. The van der Waals surface area contributed by atoms with Crippen LogP contribution in [0.15, 0.2) is 0 Å². The van der Waals surface area contributed by atoms with Crippen LogP contribution in [0.5, 0.6) is 0 Å². The Hall–Kier alpha value is 1.07. The van der Waals surface area contributed by atoms with E-state index in [0.29, 0.717) is 0 Å². The first-order valence-electron chi connectivity index (χ1n) is 1.33. The van der Waals surface area contributed by atoms with Crippen molar-refractivity contribution in [1.29, 1.82) is 0 Å². The Morgan fingerprint density at radius 2 is 1.10 bits per heavy atom. The molecule has 0 aromatic rings. The summed E-state index contributed by atoms with van der Waals surface area (Å²) < 4.78 is 58.9. The topological polar surface area (TPSA) is 124 Å². The number of rotatable bonds is 2. The summed E-state index contributed by atoms with van der Waals surface area (Å²) in [4.78, 5) is 0. The summed E-state index contributed by atoms with van der Waals surface area (Å²) in [6.07, 6.45) is 0. The molecular formula is CdCr2O7. The fourth-order valence-electron chi connectivity index (χ4n) is 0.102. The molecule has 0 aliphatic heterocycles. The molecule has 0 fully saturated rings. The molecule has 56 valence electrons. The van der Waals surface area contributed by atoms with E-state index < -0.39 is 27.2 Å². The molecule has 0 heterocycles. The molecule has 0 radical (unpaired) electrons. The van der Waals surface area contributed by atoms with E-state index in [1.54, 1.807) is 0 Å². The summed E-state index contributed by atoms with van der Waals surface area (Å²) in [5.41, 5.74) is 0. The van der Waals surface area contributed by atoms with Crippen LogP contribution in [0.2, 0.25) is 0 Å². The van der Waals surface area contributed by atoms with Crippen molar-refractivity contribution in [2.45, 2.75) is 0 Å². The van der Waals surface area contributed by atoms with Gasteiger partial charge in [0.05, 0.1) is 0 Å². The molecule has 0 spiro atoms. The van der Waals surface area contributed by atoms with Crippen LogP contribution in [0.1, 0.15) is 0 Å². The van der Waals surface area contributed by atoms with Crippen LogP contribution in [-0.2, 0) is 72.6 Å². The zero-order valence-electron chi connectivity index (χ0n) is 4.38. The average Bonchev–Trinajstić information content (AvgIpc) is 1.14. The van der Waals surface area contributed by atoms with Crippen molar-refractivity contribution < 1.29 is 80.9 Å². The Kier molecular flexibility index (Phi) is 5.71. The fourth-order valence-corrected chi connectivity index (χ4v) is 1.74. The van der Waals surface area contributed by atoms with Crippen molar-refractivity contribution in [2.24, 2.45) is 0 Å². The van der Waals surface area contributed by atoms with Crippen LogP contribution in [0, 0.1) is 0 Å². The molecule has 0 unspecified atom stereocenters. The van der Waals surface area contributed by atoms with Crippen molar-refractivity contribution in [3.8, 4) is 0 Å². The van der Waals surface area contributed by atoms with E-state index in [-0.39, 0.29) is 27.3 Å². The number of hydrogen-bond donors (Lipinski definition) is 0. The molecule has 0 bridgehead atoms. The Labute approximate surface area is 80.3 Å². The monoisotopic (exact) mass is 330 g/mol. The third kappa shape index (κ3) is 11.8. The molecule has 10 heteroatoms. The molecule has 0 N–H and O–H groups in total. The minimum atomic E-state index is -6.07. The van der Waals surface area contributed by atoms with Gasteiger partial charge in [0.15, 0.2) is 0 Å². The van der Waals surface area contributed by atoms with E-state index in [2.05, 4.69) is 2.84 Å². The zero-order chi connectivity index (χ0) is 7.71. The third-order valence-electron chi connectivity index (χ3n) is 0.167. The van der Waals surface area contributed by atoms with Crippen molar-refractivity contribution in [3.05, 3.63) is 0 Å². The van der Waals surface area contributed by atoms with Gasteiger partial charge in [0.1, 0.15) is 0 Å². The molecule has 0 aromatic carbocycles. The van der Waals surface area contributed by atoms with Crippen LogP contribution in [-0.4, -0.2) is 0 Å². The first-order chi connectivity index (χ1) is 3.71. The first kappa shape index (κ1) is 13.6. The molecule has 0 atom stereocenters. The van der Waals surface area contributed by atoms with E-state index in [1.807, 2.05) is 0 Å². The predicted octanol–water partition coefficient (Wildman–Crippen LogP) is -2.93. The second-order valence-corrected chi connectivity index (χ2v) is 4.52.